The summed E-state index contributed by atoms with van der Waals surface area (Å²) >= 11 is 0. The van der Waals surface area contributed by atoms with Gasteiger partial charge in [-0.2, -0.15) is 0 Å². The summed E-state index contributed by atoms with van der Waals surface area (Å²) in [4.78, 5) is 46.0. The Balaban J connectivity index is -0.0000000933. The molecule has 0 saturated heterocycles. The zero-order valence-corrected chi connectivity index (χ0v) is 6.11. The summed E-state index contributed by atoms with van der Waals surface area (Å²) in [7, 11) is -4.61. The van der Waals surface area contributed by atoms with Crippen molar-refractivity contribution in [3.05, 3.63) is 0 Å². The molecule has 0 spiro atoms. The van der Waals surface area contributed by atoms with Crippen LogP contribution in [0, 0.1) is 10.8 Å². The van der Waals surface area contributed by atoms with E-state index in [4.69, 9.17) is 39.6 Å². The Bertz CT molecular complexity index is 121. The lowest BCUT2D eigenvalue weighted by Crippen LogP contribution is -2.33. The molecule has 0 heterocycles. The molecule has 0 amide bonds. The van der Waals surface area contributed by atoms with E-state index in [9.17, 15) is 0 Å². The largest absolute Gasteiger partial charge is 0.668 e. The molecule has 0 saturated carbocycles. The third kappa shape index (κ3) is 293. The molecule has 0 aromatic rings. The molecule has 0 unspecified atom stereocenters. The van der Waals surface area contributed by atoms with Crippen molar-refractivity contribution >= 4 is 21.2 Å². The van der Waals surface area contributed by atoms with Gasteiger partial charge in [-0.3, -0.25) is 0 Å². The van der Waals surface area contributed by atoms with Gasteiger partial charge in [-0.15, -0.1) is 0 Å². The van der Waals surface area contributed by atoms with Crippen LogP contribution in [0.5, 0.6) is 0 Å². The lowest BCUT2D eigenvalue weighted by Gasteiger charge is -1.91. The van der Waals surface area contributed by atoms with Crippen molar-refractivity contribution in [1.29, 1.82) is 10.8 Å². The second-order valence-electron chi connectivity index (χ2n) is 0.804. The van der Waals surface area contributed by atoms with E-state index in [2.05, 4.69) is 0 Å². The number of nitrogens with one attached hydrogen (secondary N) is 2. The van der Waals surface area contributed by atoms with Crippen LogP contribution in [-0.4, -0.2) is 40.4 Å². The zero-order valence-electron chi connectivity index (χ0n) is 5.11. The number of carbonyl (C=O) groups excluding carboxylic acids is 2. The van der Waals surface area contributed by atoms with E-state index in [-0.39, 0.29) is 0 Å². The van der Waals surface area contributed by atoms with Crippen LogP contribution >= 0.6 is 0 Å². The van der Waals surface area contributed by atoms with Crippen molar-refractivity contribution in [2.75, 3.05) is 0 Å². The molecule has 0 aromatic carbocycles. The highest BCUT2D eigenvalue weighted by atomic mass is 28.4. The van der Waals surface area contributed by atoms with E-state index in [1.165, 1.54) is 0 Å². The first kappa shape index (κ1) is 16.4. The molecule has 0 fully saturated rings. The maximum atomic E-state index is 8.35. The highest BCUT2D eigenvalue weighted by Gasteiger charge is 2.22. The minimum absolute atomic E-state index is 0.750. The summed E-state index contributed by atoms with van der Waals surface area (Å²) in [5, 5.41) is 10.8. The molecule has 0 aliphatic heterocycles. The maximum Gasteiger partial charge on any atom is 0.668 e. The number of hydrogen-bond donors (Lipinski definition) is 6. The molecule has 11 heavy (non-hydrogen) atoms. The smallest absolute Gasteiger partial charge is 0.368 e. The topological polar surface area (TPSA) is 163 Å². The molecule has 0 aromatic heterocycles. The van der Waals surface area contributed by atoms with Gasteiger partial charge in [0.2, 0.25) is 12.2 Å². The second kappa shape index (κ2) is 11.6. The van der Waals surface area contributed by atoms with Gasteiger partial charge in [0.05, 0.1) is 0 Å². The van der Waals surface area contributed by atoms with Gasteiger partial charge >= 0.3 is 9.05 Å². The van der Waals surface area contributed by atoms with E-state index < -0.39 is 9.05 Å². The van der Waals surface area contributed by atoms with Crippen molar-refractivity contribution in [3.8, 4) is 0 Å². The van der Waals surface area contributed by atoms with E-state index in [0.717, 1.165) is 12.2 Å². The lowest BCUT2D eigenvalue weighted by molar-refractivity contribution is 0.117. The second-order valence-corrected chi connectivity index (χ2v) is 2.00. The fourth-order valence-electron chi connectivity index (χ4n) is 0. The highest BCUT2D eigenvalue weighted by Crippen LogP contribution is 1.67. The molecule has 9 heteroatoms. The van der Waals surface area contributed by atoms with Crippen LogP contribution in [0.15, 0.2) is 0 Å². The van der Waals surface area contributed by atoms with Gasteiger partial charge in [-0.1, -0.05) is 0 Å². The molecule has 0 atom stereocenters. The van der Waals surface area contributed by atoms with E-state index in [1.807, 2.05) is 0 Å². The predicted octanol–water partition coefficient (Wildman–Crippen LogP) is -2.81. The Morgan fingerprint density at radius 1 is 0.909 bits per heavy atom. The molecular formula is C2H6N2O6Si. The molecule has 0 bridgehead atoms. The quantitative estimate of drug-likeness (QED) is 0.134. The number of hydrogen-bond acceptors (Lipinski definition) is 8. The van der Waals surface area contributed by atoms with E-state index in [0.29, 0.717) is 0 Å². The van der Waals surface area contributed by atoms with Crippen molar-refractivity contribution in [2.45, 2.75) is 0 Å². The Hall–Kier alpha value is -1.18. The predicted molar refractivity (Wildman–Crippen MR) is 31.5 cm³/mol. The fourth-order valence-corrected chi connectivity index (χ4v) is 0. The Morgan fingerprint density at radius 2 is 0.909 bits per heavy atom. The molecule has 0 aliphatic rings. The number of isocyanates is 2. The summed E-state index contributed by atoms with van der Waals surface area (Å²) < 4.78 is 0. The van der Waals surface area contributed by atoms with Gasteiger partial charge in [0.1, 0.15) is 0 Å². The standard InChI is InChI=1S/2CHNO.H4O4Si/c2*2-1-3;1-5(2,3)4/h2*2H;1-4H. The van der Waals surface area contributed by atoms with Gasteiger partial charge in [-0.25, -0.2) is 20.4 Å². The first-order valence-electron chi connectivity index (χ1n) is 1.80. The van der Waals surface area contributed by atoms with Gasteiger partial charge in [-0.05, 0) is 0 Å². The summed E-state index contributed by atoms with van der Waals surface area (Å²) in [6.07, 6.45) is 1.50. The molecule has 8 nitrogen and oxygen atoms in total. The lowest BCUT2D eigenvalue weighted by atomic mass is 11.7. The van der Waals surface area contributed by atoms with Gasteiger partial charge < -0.3 is 19.2 Å². The minimum Gasteiger partial charge on any atom is -0.368 e. The normalized spacial score (nSPS) is 6.91. The summed E-state index contributed by atoms with van der Waals surface area (Å²) in [6, 6.07) is 0. The first-order valence-corrected chi connectivity index (χ1v) is 3.59. The van der Waals surface area contributed by atoms with Crippen molar-refractivity contribution < 1.29 is 28.8 Å². The Morgan fingerprint density at radius 3 is 0.909 bits per heavy atom. The maximum absolute atomic E-state index is 8.35. The van der Waals surface area contributed by atoms with E-state index >= 15 is 0 Å². The van der Waals surface area contributed by atoms with Gasteiger partial charge in [0.25, 0.3) is 0 Å². The molecule has 0 aliphatic carbocycles. The summed E-state index contributed by atoms with van der Waals surface area (Å²) in [5.41, 5.74) is 0. The fraction of sp³-hybridized carbons (Fsp3) is 0. The highest BCUT2D eigenvalue weighted by molar-refractivity contribution is 6.46. The molecule has 0 rings (SSSR count). The average Bonchev–Trinajstić information content (AvgIpc) is 1.62. The van der Waals surface area contributed by atoms with Crippen LogP contribution in [0.4, 0.5) is 0 Å². The van der Waals surface area contributed by atoms with Crippen LogP contribution in [0.2, 0.25) is 0 Å². The molecule has 0 radical (unpaired) electrons. The first-order chi connectivity index (χ1) is 4.83. The van der Waals surface area contributed by atoms with Crippen LogP contribution in [0.3, 0.4) is 0 Å². The monoisotopic (exact) mass is 182 g/mol. The van der Waals surface area contributed by atoms with Gasteiger partial charge in [0.15, 0.2) is 0 Å². The van der Waals surface area contributed by atoms with Crippen LogP contribution in [0.25, 0.3) is 0 Å². The van der Waals surface area contributed by atoms with E-state index in [1.54, 1.807) is 0 Å². The van der Waals surface area contributed by atoms with Gasteiger partial charge in [0, 0.05) is 0 Å². The third-order valence-corrected chi connectivity index (χ3v) is 0. The Labute approximate surface area is 61.9 Å². The van der Waals surface area contributed by atoms with Crippen LogP contribution < -0.4 is 0 Å². The SMILES string of the molecule is N=C=O.N=C=O.O[Si](O)(O)O. The minimum atomic E-state index is -4.61. The molecule has 6 N–H and O–H groups in total. The van der Waals surface area contributed by atoms with Crippen molar-refractivity contribution in [3.63, 3.8) is 0 Å². The van der Waals surface area contributed by atoms with Crippen molar-refractivity contribution in [2.24, 2.45) is 0 Å². The van der Waals surface area contributed by atoms with Crippen LogP contribution in [-0.2, 0) is 9.59 Å². The third-order valence-electron chi connectivity index (χ3n) is 0. The van der Waals surface area contributed by atoms with Crippen LogP contribution in [0.1, 0.15) is 0 Å². The molecular weight excluding hydrogens is 176 g/mol. The zero-order chi connectivity index (χ0) is 9.91. The Kier molecular flexibility index (Phi) is 17.3. The summed E-state index contributed by atoms with van der Waals surface area (Å²) in [6.45, 7) is 0. The summed E-state index contributed by atoms with van der Waals surface area (Å²) in [5.74, 6) is 0. The van der Waals surface area contributed by atoms with Crippen molar-refractivity contribution in [1.82, 2.24) is 0 Å². The molecule has 64 valence electrons. The average molecular weight is 182 g/mol. The number of rotatable bonds is 0.